The largest absolute Gasteiger partial charge is 0.361 e. The van der Waals surface area contributed by atoms with Gasteiger partial charge in [-0.15, -0.1) is 0 Å². The summed E-state index contributed by atoms with van der Waals surface area (Å²) in [7, 11) is 0. The Kier molecular flexibility index (Phi) is 4.48. The van der Waals surface area contributed by atoms with Crippen molar-refractivity contribution >= 4 is 16.8 Å². The Morgan fingerprint density at radius 2 is 1.75 bits per heavy atom. The molecule has 0 aliphatic heterocycles. The van der Waals surface area contributed by atoms with Crippen LogP contribution in [0.3, 0.4) is 0 Å². The molecule has 2 rings (SSSR count). The number of rotatable bonds is 5. The molecule has 108 valence electrons. The number of benzene rings is 1. The molecule has 1 aromatic carbocycles. The van der Waals surface area contributed by atoms with Crippen molar-refractivity contribution in [2.24, 2.45) is 11.8 Å². The van der Waals surface area contributed by atoms with E-state index in [1.54, 1.807) is 0 Å². The van der Waals surface area contributed by atoms with Gasteiger partial charge in [0.2, 0.25) is 0 Å². The van der Waals surface area contributed by atoms with Crippen molar-refractivity contribution in [3.05, 3.63) is 36.0 Å². The van der Waals surface area contributed by atoms with Gasteiger partial charge in [0.05, 0.1) is 11.1 Å². The molecule has 0 fully saturated rings. The molecule has 0 atom stereocenters. The molecule has 0 aliphatic carbocycles. The number of aromatic nitrogens is 1. The first kappa shape index (κ1) is 14.6. The summed E-state index contributed by atoms with van der Waals surface area (Å²) in [4.78, 5) is 18.0. The van der Waals surface area contributed by atoms with Crippen molar-refractivity contribution in [2.75, 3.05) is 13.1 Å². The Bertz CT molecular complexity index is 573. The number of para-hydroxylation sites is 1. The van der Waals surface area contributed by atoms with Crippen molar-refractivity contribution in [1.82, 2.24) is 9.88 Å². The third-order valence-corrected chi connectivity index (χ3v) is 3.28. The lowest BCUT2D eigenvalue weighted by molar-refractivity contribution is 0.0717. The highest BCUT2D eigenvalue weighted by Gasteiger charge is 2.20. The maximum Gasteiger partial charge on any atom is 0.256 e. The van der Waals surface area contributed by atoms with Crippen LogP contribution in [0.15, 0.2) is 30.5 Å². The number of carbonyl (C=O) groups excluding carboxylic acids is 1. The third-order valence-electron chi connectivity index (χ3n) is 3.28. The molecule has 0 aliphatic rings. The Balaban J connectivity index is 2.33. The Morgan fingerprint density at radius 3 is 2.35 bits per heavy atom. The van der Waals surface area contributed by atoms with E-state index < -0.39 is 0 Å². The predicted molar refractivity (Wildman–Crippen MR) is 83.9 cm³/mol. The van der Waals surface area contributed by atoms with Crippen LogP contribution in [-0.2, 0) is 0 Å². The number of hydrogen-bond acceptors (Lipinski definition) is 1. The van der Waals surface area contributed by atoms with Gasteiger partial charge in [0.1, 0.15) is 0 Å². The molecular weight excluding hydrogens is 248 g/mol. The monoisotopic (exact) mass is 272 g/mol. The molecule has 3 nitrogen and oxygen atoms in total. The summed E-state index contributed by atoms with van der Waals surface area (Å²) in [5.74, 6) is 1.07. The number of amides is 1. The van der Waals surface area contributed by atoms with Crippen LogP contribution in [0.1, 0.15) is 38.1 Å². The van der Waals surface area contributed by atoms with Gasteiger partial charge in [-0.3, -0.25) is 4.79 Å². The van der Waals surface area contributed by atoms with E-state index in [9.17, 15) is 4.79 Å². The summed E-state index contributed by atoms with van der Waals surface area (Å²) in [6, 6.07) is 7.89. The first-order chi connectivity index (χ1) is 9.49. The zero-order valence-corrected chi connectivity index (χ0v) is 12.8. The molecule has 1 N–H and O–H groups in total. The number of aromatic amines is 1. The first-order valence-corrected chi connectivity index (χ1v) is 7.34. The van der Waals surface area contributed by atoms with E-state index in [1.807, 2.05) is 35.4 Å². The van der Waals surface area contributed by atoms with Gasteiger partial charge in [-0.25, -0.2) is 0 Å². The molecule has 0 bridgehead atoms. The molecular formula is C17H24N2O. The minimum Gasteiger partial charge on any atom is -0.361 e. The fraction of sp³-hybridized carbons (Fsp3) is 0.471. The normalized spacial score (nSPS) is 11.5. The van der Waals surface area contributed by atoms with Gasteiger partial charge in [-0.1, -0.05) is 39.8 Å². The lowest BCUT2D eigenvalue weighted by Crippen LogP contribution is -2.37. The SMILES string of the molecule is CC(C)CN(CC(C)C)C(=O)c1cccc2cc[nH]c12. The fourth-order valence-corrected chi connectivity index (χ4v) is 2.56. The standard InChI is InChI=1S/C17H24N2O/c1-12(2)10-19(11-13(3)4)17(20)15-7-5-6-14-8-9-18-16(14)15/h5-9,12-13,18H,10-11H2,1-4H3. The van der Waals surface area contributed by atoms with Crippen LogP contribution in [0.2, 0.25) is 0 Å². The second-order valence-corrected chi connectivity index (χ2v) is 6.25. The summed E-state index contributed by atoms with van der Waals surface area (Å²) in [5, 5.41) is 1.09. The maximum atomic E-state index is 12.8. The number of hydrogen-bond donors (Lipinski definition) is 1. The Morgan fingerprint density at radius 1 is 1.10 bits per heavy atom. The number of nitrogens with zero attached hydrogens (tertiary/aromatic N) is 1. The van der Waals surface area contributed by atoms with Crippen molar-refractivity contribution in [3.63, 3.8) is 0 Å². The van der Waals surface area contributed by atoms with Gasteiger partial charge in [0.25, 0.3) is 5.91 Å². The highest BCUT2D eigenvalue weighted by molar-refractivity contribution is 6.05. The highest BCUT2D eigenvalue weighted by Crippen LogP contribution is 2.19. The van der Waals surface area contributed by atoms with Crippen molar-refractivity contribution < 1.29 is 4.79 Å². The van der Waals surface area contributed by atoms with Gasteiger partial charge >= 0.3 is 0 Å². The van der Waals surface area contributed by atoms with E-state index in [2.05, 4.69) is 32.7 Å². The van der Waals surface area contributed by atoms with Crippen LogP contribution in [0, 0.1) is 11.8 Å². The van der Waals surface area contributed by atoms with E-state index >= 15 is 0 Å². The Labute approximate surface area is 121 Å². The van der Waals surface area contributed by atoms with E-state index in [0.29, 0.717) is 11.8 Å². The van der Waals surface area contributed by atoms with E-state index in [4.69, 9.17) is 0 Å². The molecule has 0 saturated carbocycles. The first-order valence-electron chi connectivity index (χ1n) is 7.34. The molecule has 1 aromatic heterocycles. The van der Waals surface area contributed by atoms with E-state index in [0.717, 1.165) is 29.6 Å². The van der Waals surface area contributed by atoms with E-state index in [1.165, 1.54) is 0 Å². The van der Waals surface area contributed by atoms with Crippen LogP contribution in [0.5, 0.6) is 0 Å². The zero-order chi connectivity index (χ0) is 14.7. The van der Waals surface area contributed by atoms with Crippen LogP contribution >= 0.6 is 0 Å². The lowest BCUT2D eigenvalue weighted by atomic mass is 10.1. The molecule has 0 spiro atoms. The topological polar surface area (TPSA) is 36.1 Å². The quantitative estimate of drug-likeness (QED) is 0.879. The Hall–Kier alpha value is -1.77. The van der Waals surface area contributed by atoms with Crippen molar-refractivity contribution in [1.29, 1.82) is 0 Å². The van der Waals surface area contributed by atoms with Gasteiger partial charge in [-0.05, 0) is 24.0 Å². The summed E-state index contributed by atoms with van der Waals surface area (Å²) in [5.41, 5.74) is 1.71. The van der Waals surface area contributed by atoms with Gasteiger partial charge in [0, 0.05) is 24.7 Å². The molecule has 1 heterocycles. The predicted octanol–water partition coefficient (Wildman–Crippen LogP) is 3.92. The highest BCUT2D eigenvalue weighted by atomic mass is 16.2. The average molecular weight is 272 g/mol. The molecule has 0 saturated heterocycles. The average Bonchev–Trinajstić information content (AvgIpc) is 2.83. The zero-order valence-electron chi connectivity index (χ0n) is 12.8. The minimum absolute atomic E-state index is 0.125. The molecule has 0 radical (unpaired) electrons. The number of fused-ring (bicyclic) bond motifs is 1. The minimum atomic E-state index is 0.125. The van der Waals surface area contributed by atoms with Crippen LogP contribution in [-0.4, -0.2) is 28.9 Å². The van der Waals surface area contributed by atoms with Gasteiger partial charge < -0.3 is 9.88 Å². The van der Waals surface area contributed by atoms with Crippen LogP contribution < -0.4 is 0 Å². The van der Waals surface area contributed by atoms with Crippen molar-refractivity contribution in [3.8, 4) is 0 Å². The maximum absolute atomic E-state index is 12.8. The molecule has 20 heavy (non-hydrogen) atoms. The number of nitrogens with one attached hydrogen (secondary N) is 1. The second kappa shape index (κ2) is 6.12. The van der Waals surface area contributed by atoms with Crippen LogP contribution in [0.4, 0.5) is 0 Å². The molecule has 2 aromatic rings. The van der Waals surface area contributed by atoms with Crippen molar-refractivity contribution in [2.45, 2.75) is 27.7 Å². The molecule has 1 amide bonds. The van der Waals surface area contributed by atoms with Gasteiger partial charge in [-0.2, -0.15) is 0 Å². The summed E-state index contributed by atoms with van der Waals surface area (Å²) >= 11 is 0. The fourth-order valence-electron chi connectivity index (χ4n) is 2.56. The number of carbonyl (C=O) groups is 1. The van der Waals surface area contributed by atoms with Gasteiger partial charge in [0.15, 0.2) is 0 Å². The smallest absolute Gasteiger partial charge is 0.256 e. The summed E-state index contributed by atoms with van der Waals surface area (Å²) < 4.78 is 0. The second-order valence-electron chi connectivity index (χ2n) is 6.25. The summed E-state index contributed by atoms with van der Waals surface area (Å²) in [6.07, 6.45) is 1.89. The molecule has 0 unspecified atom stereocenters. The third kappa shape index (κ3) is 3.21. The van der Waals surface area contributed by atoms with E-state index in [-0.39, 0.29) is 5.91 Å². The summed E-state index contributed by atoms with van der Waals surface area (Å²) in [6.45, 7) is 10.2. The van der Waals surface area contributed by atoms with Crippen LogP contribution in [0.25, 0.3) is 10.9 Å². The lowest BCUT2D eigenvalue weighted by Gasteiger charge is -2.26. The number of H-pyrrole nitrogens is 1. The molecule has 3 heteroatoms.